The van der Waals surface area contributed by atoms with E-state index in [1.54, 1.807) is 17.1 Å². The van der Waals surface area contributed by atoms with Gasteiger partial charge in [-0.3, -0.25) is 9.48 Å². The van der Waals surface area contributed by atoms with Gasteiger partial charge in [0.05, 0.1) is 18.3 Å². The summed E-state index contributed by atoms with van der Waals surface area (Å²) in [5, 5.41) is 14.0. The molecule has 1 aromatic heterocycles. The topological polar surface area (TPSA) is 58.7 Å². The van der Waals surface area contributed by atoms with Gasteiger partial charge in [0.25, 0.3) is 0 Å². The zero-order valence-electron chi connectivity index (χ0n) is 20.2. The van der Waals surface area contributed by atoms with Crippen LogP contribution in [-0.4, -0.2) is 27.1 Å². The molecule has 1 heterocycles. The van der Waals surface area contributed by atoms with Crippen molar-refractivity contribution in [3.05, 3.63) is 18.0 Å². The van der Waals surface area contributed by atoms with E-state index in [2.05, 4.69) is 50.0 Å². The molecule has 5 heteroatoms. The summed E-state index contributed by atoms with van der Waals surface area (Å²) in [6, 6.07) is 2.12. The summed E-state index contributed by atoms with van der Waals surface area (Å²) in [6.45, 7) is 7.72. The Kier molecular flexibility index (Phi) is 5.76. The van der Waals surface area contributed by atoms with E-state index in [0.29, 0.717) is 34.5 Å². The molecule has 1 aromatic rings. The van der Waals surface area contributed by atoms with E-state index >= 15 is 0 Å². The van der Waals surface area contributed by atoms with Gasteiger partial charge < -0.3 is 0 Å². The average molecular weight is 454 g/mol. The third-order valence-corrected chi connectivity index (χ3v) is 11.3. The zero-order chi connectivity index (χ0) is 22.7. The molecule has 4 fully saturated rings. The molecule has 0 radical (unpaired) electrons. The maximum Gasteiger partial charge on any atom is 0.157 e. The van der Waals surface area contributed by atoms with E-state index in [1.165, 1.54) is 44.9 Å². The van der Waals surface area contributed by atoms with Gasteiger partial charge in [-0.05, 0) is 98.0 Å². The molecule has 4 nitrogen and oxygen atoms in total. The number of hydrogen-bond acceptors (Lipinski definition) is 4. The van der Waals surface area contributed by atoms with Crippen molar-refractivity contribution in [3.8, 4) is 6.07 Å². The summed E-state index contributed by atoms with van der Waals surface area (Å²) in [6.07, 6.45) is 16.1. The minimum absolute atomic E-state index is 0.123. The molecule has 8 atom stereocenters. The standard InChI is InChI=1S/C27H39N3OS/c1-26(2)10-9-19-18(11-26)5-6-20-21-7-8-22(27(21,3)12-24(32-4)25(19)20)23(31)16-30-15-17(13-28)14-29-30/h14-15,18-22,24-25H,5-12,16H2,1-4H3/t18-,19+,20+,21+,22-,24?,25-,27+/m1/s1. The lowest BCUT2D eigenvalue weighted by molar-refractivity contribution is -0.131. The smallest absolute Gasteiger partial charge is 0.157 e. The predicted octanol–water partition coefficient (Wildman–Crippen LogP) is 5.96. The minimum Gasteiger partial charge on any atom is -0.297 e. The second-order valence-corrected chi connectivity index (χ2v) is 13.5. The predicted molar refractivity (Wildman–Crippen MR) is 129 cm³/mol. The van der Waals surface area contributed by atoms with Crippen molar-refractivity contribution in [1.82, 2.24) is 9.78 Å². The molecule has 32 heavy (non-hydrogen) atoms. The number of carbonyl (C=O) groups is 1. The van der Waals surface area contributed by atoms with Gasteiger partial charge in [0.2, 0.25) is 0 Å². The first-order chi connectivity index (χ1) is 15.3. The maximum absolute atomic E-state index is 13.5. The molecule has 0 saturated heterocycles. The highest BCUT2D eigenvalue weighted by Gasteiger charge is 2.61. The highest BCUT2D eigenvalue weighted by molar-refractivity contribution is 7.99. The average Bonchev–Trinajstić information content (AvgIpc) is 3.35. The van der Waals surface area contributed by atoms with E-state index in [-0.39, 0.29) is 11.3 Å². The van der Waals surface area contributed by atoms with Gasteiger partial charge in [-0.2, -0.15) is 22.1 Å². The van der Waals surface area contributed by atoms with E-state index in [1.807, 2.05) is 0 Å². The summed E-state index contributed by atoms with van der Waals surface area (Å²) in [5.74, 6) is 4.67. The van der Waals surface area contributed by atoms with E-state index in [0.717, 1.165) is 30.1 Å². The highest BCUT2D eigenvalue weighted by atomic mass is 32.2. The number of aromatic nitrogens is 2. The van der Waals surface area contributed by atoms with Gasteiger partial charge in [0.1, 0.15) is 6.07 Å². The van der Waals surface area contributed by atoms with Crippen LogP contribution in [-0.2, 0) is 11.3 Å². The van der Waals surface area contributed by atoms with Crippen molar-refractivity contribution in [2.24, 2.45) is 46.3 Å². The lowest BCUT2D eigenvalue weighted by Crippen LogP contribution is -2.54. The van der Waals surface area contributed by atoms with Gasteiger partial charge in [0.15, 0.2) is 5.78 Å². The number of hydrogen-bond donors (Lipinski definition) is 0. The van der Waals surface area contributed by atoms with Crippen LogP contribution in [0.15, 0.2) is 12.4 Å². The van der Waals surface area contributed by atoms with Crippen molar-refractivity contribution in [2.45, 2.75) is 83.9 Å². The van der Waals surface area contributed by atoms with Crippen molar-refractivity contribution in [2.75, 3.05) is 6.26 Å². The van der Waals surface area contributed by atoms with Crippen molar-refractivity contribution < 1.29 is 4.79 Å². The lowest BCUT2D eigenvalue weighted by Gasteiger charge is -2.59. The zero-order valence-corrected chi connectivity index (χ0v) is 21.0. The largest absolute Gasteiger partial charge is 0.297 e. The number of nitrogens with zero attached hydrogens (tertiary/aromatic N) is 3. The molecular formula is C27H39N3OS. The summed E-state index contributed by atoms with van der Waals surface area (Å²) in [4.78, 5) is 13.5. The fourth-order valence-corrected chi connectivity index (χ4v) is 10.1. The molecule has 0 aliphatic heterocycles. The fraction of sp³-hybridized carbons (Fsp3) is 0.815. The molecule has 0 aromatic carbocycles. The second kappa shape index (κ2) is 8.19. The Morgan fingerprint density at radius 1 is 1.19 bits per heavy atom. The monoisotopic (exact) mass is 453 g/mol. The third-order valence-electron chi connectivity index (χ3n) is 10.2. The molecule has 0 bridgehead atoms. The van der Waals surface area contributed by atoms with Crippen LogP contribution in [0.25, 0.3) is 0 Å². The Morgan fingerprint density at radius 3 is 2.72 bits per heavy atom. The molecule has 1 unspecified atom stereocenters. The number of rotatable bonds is 4. The van der Waals surface area contributed by atoms with Gasteiger partial charge in [-0.15, -0.1) is 0 Å². The van der Waals surface area contributed by atoms with Gasteiger partial charge in [0, 0.05) is 17.4 Å². The van der Waals surface area contributed by atoms with Crippen LogP contribution in [0.3, 0.4) is 0 Å². The van der Waals surface area contributed by atoms with Crippen LogP contribution in [0.2, 0.25) is 0 Å². The summed E-state index contributed by atoms with van der Waals surface area (Å²) >= 11 is 2.09. The van der Waals surface area contributed by atoms with Gasteiger partial charge >= 0.3 is 0 Å². The Labute approximate surface area is 197 Å². The van der Waals surface area contributed by atoms with Crippen LogP contribution in [0.1, 0.15) is 77.7 Å². The SMILES string of the molecule is CSC1C[C@]2(C)[C@@H](C(=O)Cn3cc(C#N)cn3)CC[C@H]2[C@@H]2CC[C@@H]3CC(C)(C)CC[C@@H]3[C@@H]12. The number of fused-ring (bicyclic) bond motifs is 5. The Hall–Kier alpha value is -1.28. The van der Waals surface area contributed by atoms with E-state index in [9.17, 15) is 4.79 Å². The second-order valence-electron chi connectivity index (χ2n) is 12.4. The molecule has 174 valence electrons. The van der Waals surface area contributed by atoms with E-state index < -0.39 is 0 Å². The first-order valence-corrected chi connectivity index (χ1v) is 14.0. The van der Waals surface area contributed by atoms with Gasteiger partial charge in [-0.25, -0.2) is 0 Å². The highest BCUT2D eigenvalue weighted by Crippen LogP contribution is 2.66. The lowest BCUT2D eigenvalue weighted by atomic mass is 9.48. The summed E-state index contributed by atoms with van der Waals surface area (Å²) < 4.78 is 1.67. The number of carbonyl (C=O) groups excluding carboxylic acids is 1. The van der Waals surface area contributed by atoms with E-state index in [4.69, 9.17) is 5.26 Å². The van der Waals surface area contributed by atoms with Gasteiger partial charge in [-0.1, -0.05) is 20.8 Å². The number of thioether (sulfide) groups is 1. The molecule has 4 aliphatic rings. The summed E-state index contributed by atoms with van der Waals surface area (Å²) in [7, 11) is 0. The van der Waals surface area contributed by atoms with Crippen molar-refractivity contribution in [3.63, 3.8) is 0 Å². The van der Waals surface area contributed by atoms with Crippen molar-refractivity contribution >= 4 is 17.5 Å². The normalized spacial score (nSPS) is 42.4. The molecular weight excluding hydrogens is 414 g/mol. The molecule has 5 rings (SSSR count). The number of ketones is 1. The maximum atomic E-state index is 13.5. The minimum atomic E-state index is 0.123. The molecule has 0 amide bonds. The molecule has 4 aliphatic carbocycles. The first-order valence-electron chi connectivity index (χ1n) is 12.7. The molecule has 0 spiro atoms. The summed E-state index contributed by atoms with van der Waals surface area (Å²) in [5.41, 5.74) is 1.18. The Morgan fingerprint density at radius 2 is 2.00 bits per heavy atom. The fourth-order valence-electron chi connectivity index (χ4n) is 8.89. The van der Waals surface area contributed by atoms with Crippen LogP contribution >= 0.6 is 11.8 Å². The molecule has 0 N–H and O–H groups in total. The van der Waals surface area contributed by atoms with Crippen LogP contribution in [0, 0.1) is 57.7 Å². The van der Waals surface area contributed by atoms with Crippen molar-refractivity contribution in [1.29, 1.82) is 5.26 Å². The number of Topliss-reactive ketones (excluding diaryl/α,β-unsaturated/α-hetero) is 1. The Bertz CT molecular complexity index is 916. The quantitative estimate of drug-likeness (QED) is 0.564. The number of nitriles is 1. The molecule has 4 saturated carbocycles. The Balaban J connectivity index is 1.37. The van der Waals surface area contributed by atoms with Crippen LogP contribution in [0.5, 0.6) is 0 Å². The van der Waals surface area contributed by atoms with Crippen LogP contribution in [0.4, 0.5) is 0 Å². The third kappa shape index (κ3) is 3.65. The van der Waals surface area contributed by atoms with Crippen LogP contribution < -0.4 is 0 Å². The first kappa shape index (κ1) is 22.5.